The number of ether oxygens (including phenoxy) is 1. The molecule has 2 aliphatic rings. The van der Waals surface area contributed by atoms with Crippen LogP contribution in [0.4, 0.5) is 11.5 Å². The molecule has 1 atom stereocenters. The van der Waals surface area contributed by atoms with Gasteiger partial charge in [-0.1, -0.05) is 13.8 Å². The van der Waals surface area contributed by atoms with Gasteiger partial charge in [0.2, 0.25) is 5.91 Å². The molecule has 5 heterocycles. The van der Waals surface area contributed by atoms with Crippen molar-refractivity contribution in [3.8, 4) is 11.4 Å². The molecular formula is C21H27N7O2. The number of morpholine rings is 1. The molecule has 30 heavy (non-hydrogen) atoms. The van der Waals surface area contributed by atoms with Crippen LogP contribution in [0.25, 0.3) is 22.4 Å². The second-order valence-corrected chi connectivity index (χ2v) is 8.50. The first-order valence-corrected chi connectivity index (χ1v) is 10.6. The summed E-state index contributed by atoms with van der Waals surface area (Å²) in [5.74, 6) is 1.34. The van der Waals surface area contributed by atoms with Gasteiger partial charge in [0.15, 0.2) is 0 Å². The summed E-state index contributed by atoms with van der Waals surface area (Å²) in [4.78, 5) is 22.3. The van der Waals surface area contributed by atoms with Crippen molar-refractivity contribution < 1.29 is 9.53 Å². The minimum absolute atomic E-state index is 0.130. The van der Waals surface area contributed by atoms with Crippen molar-refractivity contribution in [3.63, 3.8) is 0 Å². The van der Waals surface area contributed by atoms with Gasteiger partial charge in [0.25, 0.3) is 0 Å². The molecule has 1 N–H and O–H groups in total. The Bertz CT molecular complexity index is 1070. The van der Waals surface area contributed by atoms with Crippen LogP contribution in [0.1, 0.15) is 27.2 Å². The number of aromatic amines is 1. The van der Waals surface area contributed by atoms with Gasteiger partial charge in [-0.25, -0.2) is 4.98 Å². The summed E-state index contributed by atoms with van der Waals surface area (Å²) in [6.45, 7) is 9.71. The third kappa shape index (κ3) is 3.13. The molecule has 0 aliphatic carbocycles. The smallest absolute Gasteiger partial charge is 0.228 e. The molecule has 0 aromatic carbocycles. The summed E-state index contributed by atoms with van der Waals surface area (Å²) in [6, 6.07) is 4.17. The number of rotatable bonds is 4. The van der Waals surface area contributed by atoms with E-state index in [0.717, 1.165) is 40.5 Å². The molecule has 0 unspecified atom stereocenters. The van der Waals surface area contributed by atoms with E-state index in [2.05, 4.69) is 41.9 Å². The lowest BCUT2D eigenvalue weighted by atomic mass is 10.1. The number of nitrogens with zero attached hydrogens (tertiary/aromatic N) is 6. The van der Waals surface area contributed by atoms with Crippen molar-refractivity contribution >= 4 is 28.4 Å². The van der Waals surface area contributed by atoms with Crippen molar-refractivity contribution in [2.75, 3.05) is 36.1 Å². The van der Waals surface area contributed by atoms with Crippen molar-refractivity contribution in [1.82, 2.24) is 25.0 Å². The molecule has 158 valence electrons. The Balaban J connectivity index is 1.76. The maximum absolute atomic E-state index is 13.0. The Morgan fingerprint density at radius 2 is 2.20 bits per heavy atom. The lowest BCUT2D eigenvalue weighted by molar-refractivity contribution is -0.118. The van der Waals surface area contributed by atoms with Crippen LogP contribution in [0.5, 0.6) is 0 Å². The first-order chi connectivity index (χ1) is 14.5. The van der Waals surface area contributed by atoms with Crippen LogP contribution < -0.4 is 9.80 Å². The van der Waals surface area contributed by atoms with Gasteiger partial charge in [0, 0.05) is 31.8 Å². The molecule has 0 radical (unpaired) electrons. The highest BCUT2D eigenvalue weighted by Gasteiger charge is 2.31. The molecule has 3 aromatic rings. The van der Waals surface area contributed by atoms with Gasteiger partial charge in [0.1, 0.15) is 22.5 Å². The van der Waals surface area contributed by atoms with Gasteiger partial charge in [-0.2, -0.15) is 10.2 Å². The highest BCUT2D eigenvalue weighted by molar-refractivity contribution is 6.06. The van der Waals surface area contributed by atoms with Crippen molar-refractivity contribution in [2.45, 2.75) is 39.8 Å². The van der Waals surface area contributed by atoms with Gasteiger partial charge in [-0.05, 0) is 18.9 Å². The summed E-state index contributed by atoms with van der Waals surface area (Å²) >= 11 is 0. The normalized spacial score (nSPS) is 19.7. The predicted octanol–water partition coefficient (Wildman–Crippen LogP) is 2.44. The molecular weight excluding hydrogens is 382 g/mol. The fourth-order valence-electron chi connectivity index (χ4n) is 4.34. The minimum atomic E-state index is 0.130. The lowest BCUT2D eigenvalue weighted by Gasteiger charge is -2.35. The van der Waals surface area contributed by atoms with E-state index in [1.54, 1.807) is 6.20 Å². The maximum Gasteiger partial charge on any atom is 0.228 e. The SMILES string of the molecule is CC(C)CN1C(=O)CCn2nc(-c3ccn[nH]3)c3nc(N4CCOC[C@H]4C)cc1c32. The molecule has 0 spiro atoms. The highest BCUT2D eigenvalue weighted by atomic mass is 16.5. The largest absolute Gasteiger partial charge is 0.377 e. The van der Waals surface area contributed by atoms with Crippen LogP contribution in [0.3, 0.4) is 0 Å². The van der Waals surface area contributed by atoms with E-state index in [-0.39, 0.29) is 11.9 Å². The molecule has 2 aliphatic heterocycles. The number of H-pyrrole nitrogens is 1. The first kappa shape index (κ1) is 19.0. The van der Waals surface area contributed by atoms with Crippen molar-refractivity contribution in [3.05, 3.63) is 18.3 Å². The molecule has 1 saturated heterocycles. The van der Waals surface area contributed by atoms with E-state index in [0.29, 0.717) is 38.6 Å². The number of hydrogen-bond donors (Lipinski definition) is 1. The average Bonchev–Trinajstić information content (AvgIpc) is 3.35. The zero-order valence-corrected chi connectivity index (χ0v) is 17.6. The van der Waals surface area contributed by atoms with Crippen LogP contribution >= 0.6 is 0 Å². The minimum Gasteiger partial charge on any atom is -0.377 e. The van der Waals surface area contributed by atoms with Crippen molar-refractivity contribution in [1.29, 1.82) is 0 Å². The van der Waals surface area contributed by atoms with E-state index in [9.17, 15) is 4.79 Å². The molecule has 1 amide bonds. The van der Waals surface area contributed by atoms with Gasteiger partial charge in [0.05, 0.1) is 37.2 Å². The van der Waals surface area contributed by atoms with E-state index in [1.807, 2.05) is 15.6 Å². The topological polar surface area (TPSA) is 92.2 Å². The van der Waals surface area contributed by atoms with Crippen LogP contribution in [0.2, 0.25) is 0 Å². The zero-order valence-electron chi connectivity index (χ0n) is 17.6. The summed E-state index contributed by atoms with van der Waals surface area (Å²) in [5, 5.41) is 11.9. The fourth-order valence-corrected chi connectivity index (χ4v) is 4.34. The van der Waals surface area contributed by atoms with Gasteiger partial charge in [-0.15, -0.1) is 0 Å². The zero-order chi connectivity index (χ0) is 20.8. The molecule has 0 saturated carbocycles. The number of aromatic nitrogens is 5. The molecule has 9 nitrogen and oxygen atoms in total. The summed E-state index contributed by atoms with van der Waals surface area (Å²) in [7, 11) is 0. The Hall–Kier alpha value is -2.94. The Labute approximate surface area is 175 Å². The first-order valence-electron chi connectivity index (χ1n) is 10.6. The summed E-state index contributed by atoms with van der Waals surface area (Å²) in [5.41, 5.74) is 4.20. The van der Waals surface area contributed by atoms with Crippen LogP contribution in [0, 0.1) is 5.92 Å². The number of carbonyl (C=O) groups is 1. The monoisotopic (exact) mass is 409 g/mol. The molecule has 5 rings (SSSR count). The number of amides is 1. The second kappa shape index (κ2) is 7.39. The van der Waals surface area contributed by atoms with E-state index in [4.69, 9.17) is 14.8 Å². The van der Waals surface area contributed by atoms with Gasteiger partial charge < -0.3 is 14.5 Å². The van der Waals surface area contributed by atoms with E-state index >= 15 is 0 Å². The predicted molar refractivity (Wildman–Crippen MR) is 115 cm³/mol. The molecule has 3 aromatic heterocycles. The fraction of sp³-hybridized carbons (Fsp3) is 0.524. The van der Waals surface area contributed by atoms with E-state index in [1.165, 1.54) is 0 Å². The summed E-state index contributed by atoms with van der Waals surface area (Å²) in [6.07, 6.45) is 2.14. The van der Waals surface area contributed by atoms with Crippen LogP contribution in [-0.4, -0.2) is 63.2 Å². The molecule has 0 bridgehead atoms. The Kier molecular flexibility index (Phi) is 4.69. The summed E-state index contributed by atoms with van der Waals surface area (Å²) < 4.78 is 7.55. The molecule has 1 fully saturated rings. The Morgan fingerprint density at radius 1 is 1.33 bits per heavy atom. The maximum atomic E-state index is 13.0. The van der Waals surface area contributed by atoms with Crippen LogP contribution in [0.15, 0.2) is 18.3 Å². The van der Waals surface area contributed by atoms with Crippen molar-refractivity contribution in [2.24, 2.45) is 5.92 Å². The standard InChI is InChI=1S/C21H27N7O2/c1-13(2)11-27-16-10-17(26-8-9-30-12-14(26)3)23-20-19(15-4-6-22-24-15)25-28(21(16)20)7-5-18(27)29/h4,6,10,13-14H,5,7-9,11-12H2,1-3H3,(H,22,24)/t14-/m1/s1. The second-order valence-electron chi connectivity index (χ2n) is 8.50. The van der Waals surface area contributed by atoms with Crippen LogP contribution in [-0.2, 0) is 16.1 Å². The number of pyridine rings is 1. The highest BCUT2D eigenvalue weighted by Crippen LogP contribution is 2.38. The third-order valence-electron chi connectivity index (χ3n) is 5.76. The van der Waals surface area contributed by atoms with Gasteiger partial charge >= 0.3 is 0 Å². The number of anilines is 2. The van der Waals surface area contributed by atoms with E-state index < -0.39 is 0 Å². The number of nitrogens with one attached hydrogen (secondary N) is 1. The molecule has 9 heteroatoms. The number of carbonyl (C=O) groups excluding carboxylic acids is 1. The average molecular weight is 409 g/mol. The number of aryl methyl sites for hydroxylation is 1. The third-order valence-corrected chi connectivity index (χ3v) is 5.76. The quantitative estimate of drug-likeness (QED) is 0.712. The lowest BCUT2D eigenvalue weighted by Crippen LogP contribution is -2.44. The number of hydrogen-bond acceptors (Lipinski definition) is 6. The van der Waals surface area contributed by atoms with Gasteiger partial charge in [-0.3, -0.25) is 14.6 Å². The Morgan fingerprint density at radius 3 is 2.93 bits per heavy atom.